The fraction of sp³-hybridized carbons (Fsp3) is 0.739. The molecule has 0 amide bonds. The third kappa shape index (κ3) is 2.53. The quantitative estimate of drug-likeness (QED) is 0.664. The Bertz CT molecular complexity index is 690. The van der Waals surface area contributed by atoms with E-state index in [0.717, 1.165) is 19.3 Å². The molecule has 3 nitrogen and oxygen atoms in total. The number of ketones is 1. The van der Waals surface area contributed by atoms with Gasteiger partial charge in [0, 0.05) is 12.8 Å². The van der Waals surface area contributed by atoms with Crippen molar-refractivity contribution >= 4 is 11.8 Å². The van der Waals surface area contributed by atoms with E-state index in [-0.39, 0.29) is 28.8 Å². The zero-order valence-electron chi connectivity index (χ0n) is 16.6. The second kappa shape index (κ2) is 6.07. The molecule has 0 N–H and O–H groups in total. The molecule has 2 saturated carbocycles. The van der Waals surface area contributed by atoms with Gasteiger partial charge >= 0.3 is 5.97 Å². The Hall–Kier alpha value is -1.38. The Morgan fingerprint density at radius 2 is 1.81 bits per heavy atom. The first kappa shape index (κ1) is 18.0. The third-order valence-electron chi connectivity index (χ3n) is 8.43. The summed E-state index contributed by atoms with van der Waals surface area (Å²) >= 11 is 0. The average molecular weight is 357 g/mol. The predicted octanol–water partition coefficient (Wildman–Crippen LogP) is 4.86. The number of Topliss-reactive ketones (excluding diaryl/α,β-unsaturated/α-hetero) is 1. The molecule has 0 radical (unpaired) electrons. The zero-order chi connectivity index (χ0) is 18.7. The molecule has 26 heavy (non-hydrogen) atoms. The highest BCUT2D eigenvalue weighted by Crippen LogP contribution is 2.65. The Balaban J connectivity index is 1.65. The van der Waals surface area contributed by atoms with Gasteiger partial charge in [0.2, 0.25) is 0 Å². The van der Waals surface area contributed by atoms with Crippen molar-refractivity contribution in [2.24, 2.45) is 34.5 Å². The van der Waals surface area contributed by atoms with E-state index in [4.69, 9.17) is 4.74 Å². The standard InChI is InChI=1S/C23H32O3/c1-14(24)19-7-8-20-18-6-5-16-13-17(26-15(2)25)9-11-22(16,3)21(18)10-12-23(19,20)4/h5-6,13,17-21H,7-12H2,1-4H3/t17-,18?,19?,20?,21?,22-,23+/m0/s1. The summed E-state index contributed by atoms with van der Waals surface area (Å²) in [6.07, 6.45) is 13.5. The summed E-state index contributed by atoms with van der Waals surface area (Å²) < 4.78 is 5.46. The molecule has 4 aliphatic carbocycles. The first-order valence-corrected chi connectivity index (χ1v) is 10.3. The molecule has 0 aromatic heterocycles. The maximum atomic E-state index is 12.2. The lowest BCUT2D eigenvalue weighted by molar-refractivity contribution is -0.145. The molecule has 7 atom stereocenters. The molecule has 4 unspecified atom stereocenters. The van der Waals surface area contributed by atoms with E-state index in [1.807, 2.05) is 0 Å². The van der Waals surface area contributed by atoms with Crippen LogP contribution in [0.5, 0.6) is 0 Å². The lowest BCUT2D eigenvalue weighted by atomic mass is 9.48. The minimum Gasteiger partial charge on any atom is -0.458 e. The lowest BCUT2D eigenvalue weighted by Gasteiger charge is -2.56. The van der Waals surface area contributed by atoms with E-state index in [1.54, 1.807) is 6.92 Å². The first-order chi connectivity index (χ1) is 12.3. The molecule has 0 bridgehead atoms. The zero-order valence-corrected chi connectivity index (χ0v) is 16.6. The van der Waals surface area contributed by atoms with Crippen LogP contribution in [0, 0.1) is 34.5 Å². The van der Waals surface area contributed by atoms with Gasteiger partial charge < -0.3 is 4.74 Å². The van der Waals surface area contributed by atoms with Crippen LogP contribution >= 0.6 is 0 Å². The molecule has 0 aromatic carbocycles. The van der Waals surface area contributed by atoms with Crippen molar-refractivity contribution in [3.05, 3.63) is 23.8 Å². The number of ether oxygens (including phenoxy) is 1. The summed E-state index contributed by atoms with van der Waals surface area (Å²) in [5, 5.41) is 0. The van der Waals surface area contributed by atoms with Crippen molar-refractivity contribution < 1.29 is 14.3 Å². The number of carbonyl (C=O) groups excluding carboxylic acids is 2. The Kier molecular flexibility index (Phi) is 4.20. The van der Waals surface area contributed by atoms with Crippen LogP contribution in [0.1, 0.15) is 66.2 Å². The number of hydrogen-bond acceptors (Lipinski definition) is 3. The van der Waals surface area contributed by atoms with Gasteiger partial charge in [-0.3, -0.25) is 9.59 Å². The van der Waals surface area contributed by atoms with Crippen molar-refractivity contribution in [3.63, 3.8) is 0 Å². The highest BCUT2D eigenvalue weighted by molar-refractivity contribution is 5.79. The minimum atomic E-state index is -0.192. The van der Waals surface area contributed by atoms with Crippen LogP contribution in [0.3, 0.4) is 0 Å². The number of carbonyl (C=O) groups is 2. The second-order valence-electron chi connectivity index (χ2n) is 9.66. The summed E-state index contributed by atoms with van der Waals surface area (Å²) in [7, 11) is 0. The van der Waals surface area contributed by atoms with Gasteiger partial charge in [0.1, 0.15) is 11.9 Å². The average Bonchev–Trinajstić information content (AvgIpc) is 2.92. The Morgan fingerprint density at radius 1 is 1.04 bits per heavy atom. The number of fused-ring (bicyclic) bond motifs is 5. The normalized spacial score (nSPS) is 46.6. The summed E-state index contributed by atoms with van der Waals surface area (Å²) in [6, 6.07) is 0. The predicted molar refractivity (Wildman–Crippen MR) is 101 cm³/mol. The highest BCUT2D eigenvalue weighted by Gasteiger charge is 2.58. The Morgan fingerprint density at radius 3 is 2.50 bits per heavy atom. The molecular weight excluding hydrogens is 324 g/mol. The van der Waals surface area contributed by atoms with E-state index in [1.165, 1.54) is 31.8 Å². The van der Waals surface area contributed by atoms with Gasteiger partial charge in [-0.2, -0.15) is 0 Å². The lowest BCUT2D eigenvalue weighted by Crippen LogP contribution is -2.49. The van der Waals surface area contributed by atoms with E-state index in [0.29, 0.717) is 23.5 Å². The molecule has 4 rings (SSSR count). The van der Waals surface area contributed by atoms with Crippen molar-refractivity contribution in [2.75, 3.05) is 0 Å². The van der Waals surface area contributed by atoms with Crippen LogP contribution in [-0.2, 0) is 14.3 Å². The highest BCUT2D eigenvalue weighted by atomic mass is 16.5. The minimum absolute atomic E-state index is 0.0702. The second-order valence-corrected chi connectivity index (χ2v) is 9.66. The molecule has 0 aliphatic heterocycles. The first-order valence-electron chi connectivity index (χ1n) is 10.3. The number of esters is 1. The van der Waals surface area contributed by atoms with Gasteiger partial charge in [-0.1, -0.05) is 26.0 Å². The van der Waals surface area contributed by atoms with Crippen LogP contribution in [0.25, 0.3) is 0 Å². The molecule has 0 saturated heterocycles. The van der Waals surface area contributed by atoms with Gasteiger partial charge in [0.05, 0.1) is 0 Å². The van der Waals surface area contributed by atoms with E-state index >= 15 is 0 Å². The van der Waals surface area contributed by atoms with Gasteiger partial charge in [0.25, 0.3) is 0 Å². The maximum absolute atomic E-state index is 12.2. The van der Waals surface area contributed by atoms with Crippen molar-refractivity contribution in [2.45, 2.75) is 72.3 Å². The van der Waals surface area contributed by atoms with E-state index < -0.39 is 0 Å². The molecule has 0 heterocycles. The number of hydrogen-bond donors (Lipinski definition) is 0. The van der Waals surface area contributed by atoms with Crippen molar-refractivity contribution in [1.82, 2.24) is 0 Å². The molecule has 4 aliphatic rings. The van der Waals surface area contributed by atoms with Gasteiger partial charge in [-0.15, -0.1) is 0 Å². The monoisotopic (exact) mass is 356 g/mol. The number of allylic oxidation sites excluding steroid dienone is 3. The summed E-state index contributed by atoms with van der Waals surface area (Å²) in [4.78, 5) is 23.5. The topological polar surface area (TPSA) is 43.4 Å². The molecule has 0 spiro atoms. The summed E-state index contributed by atoms with van der Waals surface area (Å²) in [6.45, 7) is 8.09. The van der Waals surface area contributed by atoms with E-state index in [9.17, 15) is 9.59 Å². The summed E-state index contributed by atoms with van der Waals surface area (Å²) in [5.41, 5.74) is 1.73. The van der Waals surface area contributed by atoms with E-state index in [2.05, 4.69) is 32.1 Å². The SMILES string of the molecule is CC(=O)O[C@@H]1C=C2C=CC3C4CCC(C(C)=O)[C@@]4(C)CCC3[C@@]2(C)CC1. The molecule has 3 heteroatoms. The largest absolute Gasteiger partial charge is 0.458 e. The van der Waals surface area contributed by atoms with Gasteiger partial charge in [-0.05, 0) is 85.7 Å². The fourth-order valence-corrected chi connectivity index (χ4v) is 7.10. The van der Waals surface area contributed by atoms with Gasteiger partial charge in [0.15, 0.2) is 0 Å². The Labute approximate surface area is 157 Å². The third-order valence-corrected chi connectivity index (χ3v) is 8.43. The van der Waals surface area contributed by atoms with Crippen LogP contribution < -0.4 is 0 Å². The van der Waals surface area contributed by atoms with Gasteiger partial charge in [-0.25, -0.2) is 0 Å². The van der Waals surface area contributed by atoms with Crippen molar-refractivity contribution in [3.8, 4) is 0 Å². The molecule has 2 fully saturated rings. The smallest absolute Gasteiger partial charge is 0.303 e. The molecule has 142 valence electrons. The molecular formula is C23H32O3. The van der Waals surface area contributed by atoms with Crippen LogP contribution in [0.2, 0.25) is 0 Å². The van der Waals surface area contributed by atoms with Crippen LogP contribution in [-0.4, -0.2) is 17.9 Å². The van der Waals surface area contributed by atoms with Crippen molar-refractivity contribution in [1.29, 1.82) is 0 Å². The summed E-state index contributed by atoms with van der Waals surface area (Å²) in [5.74, 6) is 2.33. The van der Waals surface area contributed by atoms with Crippen LogP contribution in [0.15, 0.2) is 23.8 Å². The fourth-order valence-electron chi connectivity index (χ4n) is 7.10. The maximum Gasteiger partial charge on any atom is 0.303 e. The molecule has 0 aromatic rings. The number of rotatable bonds is 2. The van der Waals surface area contributed by atoms with Crippen LogP contribution in [0.4, 0.5) is 0 Å².